The van der Waals surface area contributed by atoms with E-state index in [1.165, 1.54) is 25.3 Å². The monoisotopic (exact) mass is 445 g/mol. The molecule has 0 saturated carbocycles. The van der Waals surface area contributed by atoms with Gasteiger partial charge in [0.05, 0.1) is 37.4 Å². The van der Waals surface area contributed by atoms with Gasteiger partial charge in [-0.2, -0.15) is 0 Å². The van der Waals surface area contributed by atoms with E-state index in [-0.39, 0.29) is 29.8 Å². The first-order valence-electron chi connectivity index (χ1n) is 10.2. The lowest BCUT2D eigenvalue weighted by atomic mass is 9.89. The van der Waals surface area contributed by atoms with Crippen molar-refractivity contribution in [3.8, 4) is 5.75 Å². The summed E-state index contributed by atoms with van der Waals surface area (Å²) in [4.78, 5) is 15.0. The van der Waals surface area contributed by atoms with Crippen molar-refractivity contribution in [2.75, 3.05) is 31.4 Å². The van der Waals surface area contributed by atoms with Crippen LogP contribution in [0.4, 0.5) is 15.8 Å². The van der Waals surface area contributed by atoms with E-state index in [1.54, 1.807) is 30.3 Å². The smallest absolute Gasteiger partial charge is 0.247 e. The summed E-state index contributed by atoms with van der Waals surface area (Å²) in [5, 5.41) is 3.88. The number of nitrogens with two attached hydrogens (primary N) is 1. The fourth-order valence-electron chi connectivity index (χ4n) is 4.31. The zero-order valence-electron chi connectivity index (χ0n) is 17.2. The Morgan fingerprint density at radius 3 is 2.58 bits per heavy atom. The molecular weight excluding hydrogens is 421 g/mol. The lowest BCUT2D eigenvalue weighted by Gasteiger charge is -2.48. The number of hydrogen-bond donors (Lipinski definition) is 2. The van der Waals surface area contributed by atoms with Crippen molar-refractivity contribution in [1.29, 1.82) is 0 Å². The topological polar surface area (TPSA) is 76.8 Å². The number of halogens is 2. The number of rotatable bonds is 5. The second-order valence-electron chi connectivity index (χ2n) is 7.86. The maximum absolute atomic E-state index is 13.2. The highest BCUT2D eigenvalue weighted by Crippen LogP contribution is 2.32. The van der Waals surface area contributed by atoms with E-state index < -0.39 is 0 Å². The predicted molar refractivity (Wildman–Crippen MR) is 120 cm³/mol. The molecule has 2 fully saturated rings. The molecule has 0 radical (unpaired) electrons. The van der Waals surface area contributed by atoms with Gasteiger partial charge < -0.3 is 25.4 Å². The van der Waals surface area contributed by atoms with E-state index in [0.29, 0.717) is 35.2 Å². The van der Waals surface area contributed by atoms with Crippen LogP contribution in [0.5, 0.6) is 5.75 Å². The Labute approximate surface area is 185 Å². The molecule has 1 amide bonds. The Kier molecular flexibility index (Phi) is 6.34. The molecule has 6 nitrogen and oxygen atoms in total. The molecule has 2 saturated heterocycles. The van der Waals surface area contributed by atoms with Crippen LogP contribution in [0.2, 0.25) is 5.02 Å². The number of nitrogens with one attached hydrogen (secondary N) is 1. The van der Waals surface area contributed by atoms with Crippen LogP contribution in [0.3, 0.4) is 0 Å². The van der Waals surface area contributed by atoms with Gasteiger partial charge in [0.2, 0.25) is 5.91 Å². The van der Waals surface area contributed by atoms with Crippen molar-refractivity contribution in [1.82, 2.24) is 4.90 Å². The molecule has 0 spiro atoms. The number of piperidine rings is 1. The Bertz CT molecular complexity index is 969. The number of benzene rings is 2. The molecule has 2 heterocycles. The molecule has 0 aliphatic carbocycles. The van der Waals surface area contributed by atoms with Gasteiger partial charge in [0.15, 0.2) is 0 Å². The molecule has 164 valence electrons. The van der Waals surface area contributed by atoms with Gasteiger partial charge in [-0.3, -0.25) is 4.79 Å². The molecule has 8 heteroatoms. The number of morpholine rings is 1. The quantitative estimate of drug-likeness (QED) is 0.538. The number of carbonyl (C=O) groups is 1. The molecule has 3 atom stereocenters. The second-order valence-corrected chi connectivity index (χ2v) is 8.27. The van der Waals surface area contributed by atoms with E-state index >= 15 is 0 Å². The zero-order chi connectivity index (χ0) is 22.0. The minimum absolute atomic E-state index is 0.0281. The number of anilines is 2. The average molecular weight is 446 g/mol. The predicted octanol–water partition coefficient (Wildman–Crippen LogP) is 3.95. The lowest BCUT2D eigenvalue weighted by Crippen LogP contribution is -2.60. The first-order chi connectivity index (χ1) is 14.9. The fourth-order valence-corrected chi connectivity index (χ4v) is 4.56. The maximum Gasteiger partial charge on any atom is 0.247 e. The second kappa shape index (κ2) is 9.16. The maximum atomic E-state index is 13.2. The van der Waals surface area contributed by atoms with E-state index in [1.807, 2.05) is 4.90 Å². The molecule has 4 rings (SSSR count). The molecule has 3 N–H and O–H groups in total. The Morgan fingerprint density at radius 2 is 1.94 bits per heavy atom. The molecule has 2 aliphatic rings. The zero-order valence-corrected chi connectivity index (χ0v) is 17.9. The van der Waals surface area contributed by atoms with Crippen molar-refractivity contribution in [2.45, 2.75) is 31.0 Å². The lowest BCUT2D eigenvalue weighted by molar-refractivity contribution is -0.145. The minimum atomic E-state index is -0.262. The van der Waals surface area contributed by atoms with E-state index in [0.717, 1.165) is 18.5 Å². The molecule has 31 heavy (non-hydrogen) atoms. The summed E-state index contributed by atoms with van der Waals surface area (Å²) in [5.41, 5.74) is 8.05. The summed E-state index contributed by atoms with van der Waals surface area (Å²) in [6.45, 7) is 0.989. The number of amides is 1. The standard InChI is InChI=1S/C23H25ClFN3O3/c1-30-22-8-14(21(26)11-20(22)24)2-7-23(29)28-18-9-17(10-19(28)13-31-12-18)27-16-5-3-15(25)4-6-16/h2-8,11,17-19,27H,9-10,12-13,26H2,1H3/b7-2+/t17-,18-,19+. The summed E-state index contributed by atoms with van der Waals surface area (Å²) in [6, 6.07) is 9.79. The molecular formula is C23H25ClFN3O3. The molecule has 0 aromatic heterocycles. The van der Waals surface area contributed by atoms with Crippen LogP contribution in [0.25, 0.3) is 6.08 Å². The summed E-state index contributed by atoms with van der Waals surface area (Å²) >= 11 is 6.09. The van der Waals surface area contributed by atoms with Crippen molar-refractivity contribution in [3.05, 3.63) is 58.9 Å². The first-order valence-corrected chi connectivity index (χ1v) is 10.6. The van der Waals surface area contributed by atoms with Crippen molar-refractivity contribution in [3.63, 3.8) is 0 Å². The van der Waals surface area contributed by atoms with Crippen LogP contribution in [0.15, 0.2) is 42.5 Å². The third-order valence-electron chi connectivity index (χ3n) is 5.75. The van der Waals surface area contributed by atoms with Crippen molar-refractivity contribution < 1.29 is 18.7 Å². The first kappa shape index (κ1) is 21.5. The number of ether oxygens (including phenoxy) is 2. The van der Waals surface area contributed by atoms with Crippen LogP contribution in [-0.2, 0) is 9.53 Å². The van der Waals surface area contributed by atoms with Gasteiger partial charge in [0, 0.05) is 29.1 Å². The highest BCUT2D eigenvalue weighted by Gasteiger charge is 2.40. The summed E-state index contributed by atoms with van der Waals surface area (Å²) in [6.07, 6.45) is 4.74. The highest BCUT2D eigenvalue weighted by molar-refractivity contribution is 6.32. The van der Waals surface area contributed by atoms with E-state index in [9.17, 15) is 9.18 Å². The Morgan fingerprint density at radius 1 is 1.26 bits per heavy atom. The molecule has 2 aromatic rings. The van der Waals surface area contributed by atoms with Gasteiger partial charge >= 0.3 is 0 Å². The Hall–Kier alpha value is -2.77. The summed E-state index contributed by atoms with van der Waals surface area (Å²) in [7, 11) is 1.53. The number of nitrogens with zero attached hydrogens (tertiary/aromatic N) is 1. The van der Waals surface area contributed by atoms with Crippen LogP contribution in [0.1, 0.15) is 18.4 Å². The number of carbonyl (C=O) groups excluding carboxylic acids is 1. The van der Waals surface area contributed by atoms with Crippen molar-refractivity contribution >= 4 is 35.0 Å². The van der Waals surface area contributed by atoms with Crippen LogP contribution >= 0.6 is 11.6 Å². The average Bonchev–Trinajstić information content (AvgIpc) is 2.74. The largest absolute Gasteiger partial charge is 0.495 e. The van der Waals surface area contributed by atoms with Gasteiger partial charge in [-0.05, 0) is 55.3 Å². The number of methoxy groups -OCH3 is 1. The van der Waals surface area contributed by atoms with Gasteiger partial charge in [0.1, 0.15) is 11.6 Å². The third kappa shape index (κ3) is 4.78. The minimum Gasteiger partial charge on any atom is -0.495 e. The normalized spacial score (nSPS) is 23.1. The van der Waals surface area contributed by atoms with Crippen LogP contribution in [-0.4, -0.2) is 49.3 Å². The van der Waals surface area contributed by atoms with Crippen LogP contribution < -0.4 is 15.8 Å². The SMILES string of the molecule is COc1cc(/C=C/C(=O)N2[C@@H]3COC[C@H]2C[C@@H](Nc2ccc(F)cc2)C3)c(N)cc1Cl. The van der Waals surface area contributed by atoms with Crippen LogP contribution in [0, 0.1) is 5.82 Å². The third-order valence-corrected chi connectivity index (χ3v) is 6.05. The molecule has 2 aliphatic heterocycles. The van der Waals surface area contributed by atoms with Gasteiger partial charge in [-0.15, -0.1) is 0 Å². The summed E-state index contributed by atoms with van der Waals surface area (Å²) < 4.78 is 24.1. The number of hydrogen-bond acceptors (Lipinski definition) is 5. The fraction of sp³-hybridized carbons (Fsp3) is 0.348. The number of fused-ring (bicyclic) bond motifs is 2. The molecule has 2 bridgehead atoms. The molecule has 2 aromatic carbocycles. The number of nitrogen functional groups attached to an aromatic ring is 1. The Balaban J connectivity index is 1.45. The van der Waals surface area contributed by atoms with Gasteiger partial charge in [-0.25, -0.2) is 4.39 Å². The van der Waals surface area contributed by atoms with Gasteiger partial charge in [0.25, 0.3) is 0 Å². The van der Waals surface area contributed by atoms with E-state index in [4.69, 9.17) is 26.8 Å². The van der Waals surface area contributed by atoms with Gasteiger partial charge in [-0.1, -0.05) is 11.6 Å². The molecule has 0 unspecified atom stereocenters. The summed E-state index contributed by atoms with van der Waals surface area (Å²) in [5.74, 6) is 0.162. The van der Waals surface area contributed by atoms with E-state index in [2.05, 4.69) is 5.32 Å². The highest BCUT2D eigenvalue weighted by atomic mass is 35.5. The van der Waals surface area contributed by atoms with Crippen molar-refractivity contribution in [2.24, 2.45) is 0 Å².